The Labute approximate surface area is 178 Å². The highest BCUT2D eigenvalue weighted by Crippen LogP contribution is 2.45. The lowest BCUT2D eigenvalue weighted by Gasteiger charge is -2.39. The van der Waals surface area contributed by atoms with Gasteiger partial charge >= 0.3 is 0 Å². The van der Waals surface area contributed by atoms with Gasteiger partial charge in [-0.2, -0.15) is 0 Å². The highest BCUT2D eigenvalue weighted by Gasteiger charge is 2.45. The predicted molar refractivity (Wildman–Crippen MR) is 111 cm³/mol. The Morgan fingerprint density at radius 3 is 2.61 bits per heavy atom. The molecule has 2 fully saturated rings. The monoisotopic (exact) mass is 428 g/mol. The van der Waals surface area contributed by atoms with Crippen molar-refractivity contribution in [2.75, 3.05) is 44.3 Å². The van der Waals surface area contributed by atoms with E-state index in [0.717, 1.165) is 23.7 Å². The molecule has 0 radical (unpaired) electrons. The lowest BCUT2D eigenvalue weighted by atomic mass is 9.76. The Morgan fingerprint density at radius 1 is 1.16 bits per heavy atom. The van der Waals surface area contributed by atoms with Crippen LogP contribution in [0, 0.1) is 5.82 Å². The van der Waals surface area contributed by atoms with Crippen LogP contribution in [-0.4, -0.2) is 65.3 Å². The highest BCUT2D eigenvalue weighted by atomic mass is 19.1. The number of benzene rings is 1. The molecule has 9 heteroatoms. The van der Waals surface area contributed by atoms with Gasteiger partial charge in [0, 0.05) is 43.2 Å². The molecule has 0 unspecified atom stereocenters. The van der Waals surface area contributed by atoms with Crippen LogP contribution in [0.25, 0.3) is 0 Å². The quantitative estimate of drug-likeness (QED) is 0.754. The summed E-state index contributed by atoms with van der Waals surface area (Å²) in [5.41, 5.74) is 1.44. The number of fused-ring (bicyclic) bond motifs is 2. The van der Waals surface area contributed by atoms with Crippen molar-refractivity contribution in [2.45, 2.75) is 31.1 Å². The van der Waals surface area contributed by atoms with Crippen molar-refractivity contribution >= 4 is 11.9 Å². The topological polar surface area (TPSA) is 98.8 Å². The number of nitrogens with one attached hydrogen (secondary N) is 1. The van der Waals surface area contributed by atoms with Crippen LogP contribution in [0.3, 0.4) is 0 Å². The molecule has 31 heavy (non-hydrogen) atoms. The first-order valence-corrected chi connectivity index (χ1v) is 10.7. The molecule has 3 aliphatic rings. The molecule has 1 aromatic carbocycles. The summed E-state index contributed by atoms with van der Waals surface area (Å²) < 4.78 is 18.7. The molecule has 2 saturated heterocycles. The van der Waals surface area contributed by atoms with E-state index in [4.69, 9.17) is 9.72 Å². The van der Waals surface area contributed by atoms with Crippen molar-refractivity contribution in [3.05, 3.63) is 51.2 Å². The van der Waals surface area contributed by atoms with Gasteiger partial charge in [0.1, 0.15) is 11.6 Å². The SMILES string of the molecule is O=C(c1ccc(F)cc1O)N1CCC2(CCc3c2nc(N2CCOCC2)[nH]c3=O)CC1. The van der Waals surface area contributed by atoms with Gasteiger partial charge in [0.05, 0.1) is 24.5 Å². The number of phenols is 1. The summed E-state index contributed by atoms with van der Waals surface area (Å²) in [6.07, 6.45) is 2.93. The molecular weight excluding hydrogens is 403 g/mol. The molecule has 0 saturated carbocycles. The number of rotatable bonds is 2. The maximum absolute atomic E-state index is 13.3. The number of carbonyl (C=O) groups excluding carboxylic acids is 1. The zero-order chi connectivity index (χ0) is 21.6. The number of H-pyrrole nitrogens is 1. The second-order valence-corrected chi connectivity index (χ2v) is 8.55. The van der Waals surface area contributed by atoms with E-state index in [2.05, 4.69) is 4.98 Å². The maximum Gasteiger partial charge on any atom is 0.257 e. The molecule has 2 aromatic rings. The molecular formula is C22H25FN4O4. The highest BCUT2D eigenvalue weighted by molar-refractivity contribution is 5.96. The number of anilines is 1. The average molecular weight is 428 g/mol. The van der Waals surface area contributed by atoms with Crippen LogP contribution in [0.1, 0.15) is 40.9 Å². The maximum atomic E-state index is 13.3. The van der Waals surface area contributed by atoms with E-state index in [1.165, 1.54) is 12.1 Å². The molecule has 0 bridgehead atoms. The van der Waals surface area contributed by atoms with E-state index in [0.29, 0.717) is 64.6 Å². The third-order valence-electron chi connectivity index (χ3n) is 6.87. The van der Waals surface area contributed by atoms with Crippen LogP contribution in [0.4, 0.5) is 10.3 Å². The molecule has 5 rings (SSSR count). The van der Waals surface area contributed by atoms with E-state index in [1.807, 2.05) is 4.90 Å². The first kappa shape index (κ1) is 20.0. The van der Waals surface area contributed by atoms with Crippen LogP contribution >= 0.6 is 0 Å². The molecule has 1 amide bonds. The number of piperidine rings is 1. The summed E-state index contributed by atoms with van der Waals surface area (Å²) in [6, 6.07) is 3.45. The fraction of sp³-hybridized carbons (Fsp3) is 0.500. The Bertz CT molecular complexity index is 1070. The summed E-state index contributed by atoms with van der Waals surface area (Å²) in [5, 5.41) is 9.96. The van der Waals surface area contributed by atoms with Gasteiger partial charge in [-0.15, -0.1) is 0 Å². The minimum atomic E-state index is -0.582. The Morgan fingerprint density at radius 2 is 1.90 bits per heavy atom. The van der Waals surface area contributed by atoms with Crippen LogP contribution in [0.5, 0.6) is 5.75 Å². The zero-order valence-electron chi connectivity index (χ0n) is 17.2. The molecule has 2 N–H and O–H groups in total. The number of aromatic hydroxyl groups is 1. The standard InChI is InChI=1S/C22H25FN4O4/c23-14-1-2-15(17(28)13-14)20(30)26-7-5-22(6-8-26)4-3-16-18(22)24-21(25-19(16)29)27-9-11-31-12-10-27/h1-2,13,28H,3-12H2,(H,24,25,29). The smallest absolute Gasteiger partial charge is 0.257 e. The number of amides is 1. The van der Waals surface area contributed by atoms with Crippen LogP contribution in [-0.2, 0) is 16.6 Å². The number of hydrogen-bond donors (Lipinski definition) is 2. The number of ether oxygens (including phenoxy) is 1. The minimum absolute atomic E-state index is 0.0712. The fourth-order valence-corrected chi connectivity index (χ4v) is 5.04. The van der Waals surface area contributed by atoms with E-state index in [1.54, 1.807) is 4.90 Å². The molecule has 8 nitrogen and oxygen atoms in total. The summed E-state index contributed by atoms with van der Waals surface area (Å²) in [4.78, 5) is 37.2. The molecule has 3 heterocycles. The Hall–Kier alpha value is -2.94. The summed E-state index contributed by atoms with van der Waals surface area (Å²) in [6.45, 7) is 3.60. The number of carbonyl (C=O) groups is 1. The second kappa shape index (κ2) is 7.64. The number of morpholine rings is 1. The Balaban J connectivity index is 1.37. The van der Waals surface area contributed by atoms with Gasteiger partial charge in [-0.1, -0.05) is 0 Å². The molecule has 1 aromatic heterocycles. The number of aromatic amines is 1. The second-order valence-electron chi connectivity index (χ2n) is 8.55. The van der Waals surface area contributed by atoms with Crippen LogP contribution in [0.15, 0.2) is 23.0 Å². The number of aromatic nitrogens is 2. The van der Waals surface area contributed by atoms with Crippen molar-refractivity contribution in [1.82, 2.24) is 14.9 Å². The van der Waals surface area contributed by atoms with Crippen molar-refractivity contribution in [1.29, 1.82) is 0 Å². The average Bonchev–Trinajstić information content (AvgIpc) is 3.13. The molecule has 2 aliphatic heterocycles. The number of nitrogens with zero attached hydrogens (tertiary/aromatic N) is 3. The third kappa shape index (κ3) is 3.46. The largest absolute Gasteiger partial charge is 0.507 e. The summed E-state index contributed by atoms with van der Waals surface area (Å²) in [7, 11) is 0. The van der Waals surface area contributed by atoms with E-state index in [9.17, 15) is 19.1 Å². The fourth-order valence-electron chi connectivity index (χ4n) is 5.04. The van der Waals surface area contributed by atoms with Gasteiger partial charge in [-0.25, -0.2) is 9.37 Å². The van der Waals surface area contributed by atoms with Crippen LogP contribution in [0.2, 0.25) is 0 Å². The van der Waals surface area contributed by atoms with Crippen molar-refractivity contribution in [3.8, 4) is 5.75 Å². The molecule has 164 valence electrons. The van der Waals surface area contributed by atoms with Gasteiger partial charge in [0.2, 0.25) is 5.95 Å². The van der Waals surface area contributed by atoms with E-state index < -0.39 is 5.82 Å². The van der Waals surface area contributed by atoms with Gasteiger partial charge in [-0.3, -0.25) is 14.6 Å². The zero-order valence-corrected chi connectivity index (χ0v) is 17.2. The first-order valence-electron chi connectivity index (χ1n) is 10.7. The molecule has 1 aliphatic carbocycles. The van der Waals surface area contributed by atoms with Gasteiger partial charge in [0.15, 0.2) is 0 Å². The lowest BCUT2D eigenvalue weighted by molar-refractivity contribution is 0.0660. The number of likely N-dealkylation sites (tertiary alicyclic amines) is 1. The van der Waals surface area contributed by atoms with Crippen molar-refractivity contribution in [3.63, 3.8) is 0 Å². The van der Waals surface area contributed by atoms with Crippen molar-refractivity contribution < 1.29 is 19.0 Å². The van der Waals surface area contributed by atoms with Gasteiger partial charge in [-0.05, 0) is 37.8 Å². The predicted octanol–water partition coefficient (Wildman–Crippen LogP) is 1.57. The van der Waals surface area contributed by atoms with Gasteiger partial charge in [0.25, 0.3) is 11.5 Å². The van der Waals surface area contributed by atoms with E-state index >= 15 is 0 Å². The summed E-state index contributed by atoms with van der Waals surface area (Å²) >= 11 is 0. The molecule has 0 atom stereocenters. The first-order chi connectivity index (χ1) is 15.0. The van der Waals surface area contributed by atoms with Crippen LogP contribution < -0.4 is 10.5 Å². The Kier molecular flexibility index (Phi) is 4.92. The number of hydrogen-bond acceptors (Lipinski definition) is 6. The van der Waals surface area contributed by atoms with Gasteiger partial charge < -0.3 is 19.6 Å². The van der Waals surface area contributed by atoms with E-state index in [-0.39, 0.29) is 28.2 Å². The number of phenolic OH excluding ortho intramolecular Hbond substituents is 1. The normalized spacial score (nSPS) is 20.2. The summed E-state index contributed by atoms with van der Waals surface area (Å²) in [5.74, 6) is -0.636. The van der Waals surface area contributed by atoms with Crippen molar-refractivity contribution in [2.24, 2.45) is 0 Å². The third-order valence-corrected chi connectivity index (χ3v) is 6.87. The molecule has 1 spiro atoms. The minimum Gasteiger partial charge on any atom is -0.507 e. The number of halogens is 1. The lowest BCUT2D eigenvalue weighted by Crippen LogP contribution is -2.45.